The van der Waals surface area contributed by atoms with Crippen molar-refractivity contribution >= 4 is 23.7 Å². The van der Waals surface area contributed by atoms with Crippen molar-refractivity contribution in [2.75, 3.05) is 19.6 Å². The molecule has 6 N–H and O–H groups in total. The molecule has 0 saturated carbocycles. The first-order valence-electron chi connectivity index (χ1n) is 11.1. The molecule has 12 heteroatoms. The molecule has 2 heterocycles. The molecule has 0 saturated heterocycles. The van der Waals surface area contributed by atoms with Crippen molar-refractivity contribution in [3.63, 3.8) is 0 Å². The molecule has 1 aromatic carbocycles. The number of aliphatic carboxylic acids is 1. The van der Waals surface area contributed by atoms with E-state index in [0.29, 0.717) is 12.8 Å². The number of rotatable bonds is 12. The molecule has 0 bridgehead atoms. The van der Waals surface area contributed by atoms with Crippen molar-refractivity contribution in [1.29, 1.82) is 0 Å². The Kier molecular flexibility index (Phi) is 9.67. The quantitative estimate of drug-likeness (QED) is 0.229. The van der Waals surface area contributed by atoms with E-state index in [2.05, 4.69) is 31.7 Å². The number of carbonyl (C=O) groups excluding carboxylic acids is 2. The highest BCUT2D eigenvalue weighted by Crippen LogP contribution is 2.15. The van der Waals surface area contributed by atoms with Gasteiger partial charge in [0, 0.05) is 19.5 Å². The van der Waals surface area contributed by atoms with Gasteiger partial charge in [0.15, 0.2) is 0 Å². The van der Waals surface area contributed by atoms with E-state index in [4.69, 9.17) is 9.57 Å². The van der Waals surface area contributed by atoms with Crippen LogP contribution < -0.4 is 26.6 Å². The van der Waals surface area contributed by atoms with E-state index in [0.717, 1.165) is 25.1 Å². The maximum absolute atomic E-state index is 12.4. The van der Waals surface area contributed by atoms with Gasteiger partial charge in [0.1, 0.15) is 30.8 Å². The number of benzene rings is 1. The van der Waals surface area contributed by atoms with Crippen LogP contribution in [0.2, 0.25) is 0 Å². The molecule has 0 aliphatic carbocycles. The van der Waals surface area contributed by atoms with Crippen LogP contribution in [0.4, 0.5) is 4.79 Å². The van der Waals surface area contributed by atoms with Crippen molar-refractivity contribution < 1.29 is 29.1 Å². The molecule has 1 aromatic rings. The average molecular weight is 475 g/mol. The van der Waals surface area contributed by atoms with Crippen molar-refractivity contribution in [3.8, 4) is 0 Å². The minimum atomic E-state index is -1.35. The smallest absolute Gasteiger partial charge is 0.408 e. The third kappa shape index (κ3) is 8.37. The van der Waals surface area contributed by atoms with Gasteiger partial charge in [0.2, 0.25) is 0 Å². The lowest BCUT2D eigenvalue weighted by molar-refractivity contribution is -0.139. The Bertz CT molecular complexity index is 893. The van der Waals surface area contributed by atoms with Gasteiger partial charge >= 0.3 is 12.1 Å². The Morgan fingerprint density at radius 3 is 2.82 bits per heavy atom. The van der Waals surface area contributed by atoms with Crippen molar-refractivity contribution in [2.24, 2.45) is 5.16 Å². The van der Waals surface area contributed by atoms with E-state index in [9.17, 15) is 19.5 Å². The first-order chi connectivity index (χ1) is 16.5. The molecule has 0 radical (unpaired) electrons. The average Bonchev–Trinajstić information content (AvgIpc) is 3.33. The maximum Gasteiger partial charge on any atom is 0.408 e. The lowest BCUT2D eigenvalue weighted by atomic mass is 10.1. The molecule has 2 aliphatic heterocycles. The number of carboxylic acids is 1. The highest BCUT2D eigenvalue weighted by atomic mass is 16.6. The Labute approximate surface area is 197 Å². The van der Waals surface area contributed by atoms with Crippen LogP contribution in [-0.4, -0.2) is 66.9 Å². The molecule has 3 unspecified atom stereocenters. The molecule has 3 atom stereocenters. The Morgan fingerprint density at radius 2 is 2.09 bits per heavy atom. The molecule has 3 rings (SSSR count). The molecule has 0 aromatic heterocycles. The maximum atomic E-state index is 12.4. The number of alkyl carbamates (subject to hydrolysis) is 1. The van der Waals surface area contributed by atoms with Crippen LogP contribution in [0.3, 0.4) is 0 Å². The second kappa shape index (κ2) is 13.2. The van der Waals surface area contributed by atoms with Gasteiger partial charge in [0.05, 0.1) is 0 Å². The van der Waals surface area contributed by atoms with Gasteiger partial charge in [-0.05, 0) is 31.1 Å². The summed E-state index contributed by atoms with van der Waals surface area (Å²) in [7, 11) is 0. The summed E-state index contributed by atoms with van der Waals surface area (Å²) in [5.41, 5.74) is 0.955. The Balaban J connectivity index is 1.32. The normalized spacial score (nSPS) is 19.8. The second-order valence-corrected chi connectivity index (χ2v) is 7.78. The number of oxime groups is 1. The summed E-state index contributed by atoms with van der Waals surface area (Å²) in [6.07, 6.45) is 4.67. The van der Waals surface area contributed by atoms with Gasteiger partial charge in [-0.2, -0.15) is 0 Å². The summed E-state index contributed by atoms with van der Waals surface area (Å²) in [5, 5.41) is 27.6. The van der Waals surface area contributed by atoms with E-state index in [1.54, 1.807) is 24.3 Å². The fraction of sp³-hybridized carbons (Fsp3) is 0.455. The topological polar surface area (TPSA) is 162 Å². The third-order valence-corrected chi connectivity index (χ3v) is 5.14. The predicted molar refractivity (Wildman–Crippen MR) is 122 cm³/mol. The first-order valence-corrected chi connectivity index (χ1v) is 11.1. The fourth-order valence-corrected chi connectivity index (χ4v) is 3.30. The molecule has 0 fully saturated rings. The number of hydrogen-bond acceptors (Lipinski definition) is 9. The minimum Gasteiger partial charge on any atom is -0.480 e. The number of ether oxygens (including phenoxy) is 1. The third-order valence-electron chi connectivity index (χ3n) is 5.14. The molecule has 12 nitrogen and oxygen atoms in total. The van der Waals surface area contributed by atoms with Crippen LogP contribution in [0.1, 0.15) is 24.8 Å². The predicted octanol–water partition coefficient (Wildman–Crippen LogP) is -0.0130. The fourth-order valence-electron chi connectivity index (χ4n) is 3.30. The standard InChI is InChI=1S/C22H30N6O6/c29-19(17-12-16(34-28-17)8-4-9-23-21-24-10-5-11-25-21)26-13-18(20(30)31)27-22(32)33-14-15-6-2-1-3-7-15/h1-3,5-7,10,16,18,21,23-25H,4,8-9,11-14H2,(H,26,29)(H,27,32)(H,30,31). The number of nitrogens with zero attached hydrogens (tertiary/aromatic N) is 1. The second-order valence-electron chi connectivity index (χ2n) is 7.78. The van der Waals surface area contributed by atoms with E-state index < -0.39 is 24.0 Å². The zero-order valence-electron chi connectivity index (χ0n) is 18.7. The lowest BCUT2D eigenvalue weighted by Gasteiger charge is -2.23. The number of carboxylic acid groups (broad SMARTS) is 1. The van der Waals surface area contributed by atoms with Gasteiger partial charge in [-0.3, -0.25) is 15.4 Å². The SMILES string of the molecule is O=C(NC(CNC(=O)C1=NOC(CCCNC2NC=CCN2)C1)C(=O)O)OCc1ccccc1. The summed E-state index contributed by atoms with van der Waals surface area (Å²) in [6.45, 7) is 1.24. The number of nitrogens with one attached hydrogen (secondary N) is 5. The van der Waals surface area contributed by atoms with E-state index in [1.165, 1.54) is 0 Å². The van der Waals surface area contributed by atoms with Gasteiger partial charge in [-0.25, -0.2) is 9.59 Å². The summed E-state index contributed by atoms with van der Waals surface area (Å²) in [6, 6.07) is 7.63. The summed E-state index contributed by atoms with van der Waals surface area (Å²) in [5.74, 6) is -1.84. The lowest BCUT2D eigenvalue weighted by Crippen LogP contribution is -2.53. The summed E-state index contributed by atoms with van der Waals surface area (Å²) in [4.78, 5) is 41.1. The van der Waals surface area contributed by atoms with Crippen LogP contribution >= 0.6 is 0 Å². The summed E-state index contributed by atoms with van der Waals surface area (Å²) >= 11 is 0. The first kappa shape index (κ1) is 25.0. The Hall–Kier alpha value is -3.64. The van der Waals surface area contributed by atoms with E-state index in [1.807, 2.05) is 18.3 Å². The number of hydrogen-bond donors (Lipinski definition) is 6. The number of carbonyl (C=O) groups is 3. The molecular formula is C22H30N6O6. The zero-order valence-corrected chi connectivity index (χ0v) is 18.7. The largest absolute Gasteiger partial charge is 0.480 e. The van der Waals surface area contributed by atoms with Crippen molar-refractivity contribution in [2.45, 2.75) is 44.3 Å². The molecule has 34 heavy (non-hydrogen) atoms. The monoisotopic (exact) mass is 474 g/mol. The van der Waals surface area contributed by atoms with E-state index in [-0.39, 0.29) is 31.3 Å². The molecule has 2 amide bonds. The van der Waals surface area contributed by atoms with Gasteiger partial charge in [0.25, 0.3) is 5.91 Å². The minimum absolute atomic E-state index is 0.00114. The highest BCUT2D eigenvalue weighted by molar-refractivity contribution is 6.39. The molecular weight excluding hydrogens is 444 g/mol. The highest BCUT2D eigenvalue weighted by Gasteiger charge is 2.28. The van der Waals surface area contributed by atoms with Crippen LogP contribution in [-0.2, 0) is 25.8 Å². The van der Waals surface area contributed by atoms with Crippen LogP contribution in [0, 0.1) is 0 Å². The van der Waals surface area contributed by atoms with Gasteiger partial charge < -0.3 is 30.6 Å². The molecule has 0 spiro atoms. The Morgan fingerprint density at radius 1 is 1.26 bits per heavy atom. The van der Waals surface area contributed by atoms with Crippen LogP contribution in [0.5, 0.6) is 0 Å². The van der Waals surface area contributed by atoms with Crippen LogP contribution in [0.15, 0.2) is 47.8 Å². The van der Waals surface area contributed by atoms with E-state index >= 15 is 0 Å². The zero-order chi connectivity index (χ0) is 24.2. The van der Waals surface area contributed by atoms with Crippen LogP contribution in [0.25, 0.3) is 0 Å². The van der Waals surface area contributed by atoms with Crippen molar-refractivity contribution in [3.05, 3.63) is 48.2 Å². The van der Waals surface area contributed by atoms with Crippen molar-refractivity contribution in [1.82, 2.24) is 26.6 Å². The van der Waals surface area contributed by atoms with Gasteiger partial charge in [-0.1, -0.05) is 41.6 Å². The molecule has 184 valence electrons. The molecule has 2 aliphatic rings. The van der Waals surface area contributed by atoms with Gasteiger partial charge in [-0.15, -0.1) is 0 Å². The summed E-state index contributed by atoms with van der Waals surface area (Å²) < 4.78 is 5.03. The number of amides is 2.